The van der Waals surface area contributed by atoms with Crippen molar-refractivity contribution >= 4 is 17.4 Å². The number of nitrogens with one attached hydrogen (secondary N) is 1. The molecule has 0 heterocycles. The number of halogens is 4. The van der Waals surface area contributed by atoms with Crippen LogP contribution in [0.3, 0.4) is 0 Å². The Balaban J connectivity index is 2.76. The highest BCUT2D eigenvalue weighted by Gasteiger charge is 2.31. The maximum absolute atomic E-state index is 13.5. The highest BCUT2D eigenvalue weighted by atomic mass is 32.2. The van der Waals surface area contributed by atoms with E-state index < -0.39 is 23.2 Å². The molecule has 0 bridgehead atoms. The summed E-state index contributed by atoms with van der Waals surface area (Å²) >= 11 is 1.42. The Labute approximate surface area is 113 Å². The summed E-state index contributed by atoms with van der Waals surface area (Å²) in [4.78, 5) is 0. The molecule has 0 amide bonds. The number of anilines is 1. The Hall–Kier alpha value is -0.950. The highest BCUT2D eigenvalue weighted by molar-refractivity contribution is 7.98. The van der Waals surface area contributed by atoms with Crippen LogP contribution < -0.4 is 5.32 Å². The van der Waals surface area contributed by atoms with E-state index in [1.807, 2.05) is 6.26 Å². The van der Waals surface area contributed by atoms with Crippen molar-refractivity contribution in [3.05, 3.63) is 29.6 Å². The first-order valence-electron chi connectivity index (χ1n) is 5.48. The number of thioether (sulfide) groups is 1. The van der Waals surface area contributed by atoms with E-state index in [-0.39, 0.29) is 12.2 Å². The molecule has 1 aromatic rings. The van der Waals surface area contributed by atoms with Crippen molar-refractivity contribution in [2.45, 2.75) is 18.7 Å². The molecule has 1 unspecified atom stereocenters. The first-order chi connectivity index (χ1) is 8.65. The molecule has 108 valence electrons. The van der Waals surface area contributed by atoms with Crippen LogP contribution >= 0.6 is 11.8 Å². The number of hydrogen-bond donors (Lipinski definition) is 2. The van der Waals surface area contributed by atoms with Crippen LogP contribution in [0.5, 0.6) is 0 Å². The van der Waals surface area contributed by atoms with Gasteiger partial charge in [-0.05, 0) is 31.4 Å². The monoisotopic (exact) mass is 297 g/mol. The van der Waals surface area contributed by atoms with E-state index in [9.17, 15) is 22.7 Å². The minimum absolute atomic E-state index is 0.0517. The maximum atomic E-state index is 13.5. The maximum Gasteiger partial charge on any atom is 0.416 e. The second-order valence-corrected chi connectivity index (χ2v) is 5.34. The molecule has 1 aromatic carbocycles. The molecule has 0 saturated carbocycles. The molecule has 0 spiro atoms. The fraction of sp³-hybridized carbons (Fsp3) is 0.500. The Kier molecular flexibility index (Phi) is 5.09. The van der Waals surface area contributed by atoms with Gasteiger partial charge in [0.15, 0.2) is 0 Å². The van der Waals surface area contributed by atoms with E-state index in [0.29, 0.717) is 11.8 Å². The Morgan fingerprint density at radius 3 is 2.42 bits per heavy atom. The van der Waals surface area contributed by atoms with Crippen molar-refractivity contribution in [1.82, 2.24) is 0 Å². The van der Waals surface area contributed by atoms with Gasteiger partial charge in [-0.15, -0.1) is 0 Å². The number of benzene rings is 1. The molecule has 0 saturated heterocycles. The largest absolute Gasteiger partial charge is 0.416 e. The van der Waals surface area contributed by atoms with Crippen LogP contribution in [0, 0.1) is 5.82 Å². The molecule has 0 aliphatic carbocycles. The van der Waals surface area contributed by atoms with Gasteiger partial charge in [0.25, 0.3) is 0 Å². The third kappa shape index (κ3) is 4.91. The predicted octanol–water partition coefficient (Wildman–Crippen LogP) is 3.37. The molecular formula is C12H15F4NOS. The normalized spacial score (nSPS) is 15.1. The zero-order chi connectivity index (χ0) is 14.7. The summed E-state index contributed by atoms with van der Waals surface area (Å²) in [6.45, 7) is 1.62. The standard InChI is InChI=1S/C12H15F4NOS/c1-11(18,7-19-2)6-17-10-4-3-8(5-9(10)13)12(14,15)16/h3-5,17-18H,6-7H2,1-2H3. The summed E-state index contributed by atoms with van der Waals surface area (Å²) in [6, 6.07) is 2.26. The molecule has 1 atom stereocenters. The molecule has 2 nitrogen and oxygen atoms in total. The van der Waals surface area contributed by atoms with Gasteiger partial charge in [-0.2, -0.15) is 24.9 Å². The second kappa shape index (κ2) is 6.00. The molecule has 19 heavy (non-hydrogen) atoms. The van der Waals surface area contributed by atoms with Crippen molar-refractivity contribution in [2.75, 3.05) is 23.9 Å². The van der Waals surface area contributed by atoms with Crippen LogP contribution in [0.4, 0.5) is 23.2 Å². The first kappa shape index (κ1) is 16.1. The average Bonchev–Trinajstić information content (AvgIpc) is 2.26. The van der Waals surface area contributed by atoms with Gasteiger partial charge in [0.05, 0.1) is 16.9 Å². The lowest BCUT2D eigenvalue weighted by Gasteiger charge is -2.23. The summed E-state index contributed by atoms with van der Waals surface area (Å²) in [5.74, 6) is -0.558. The SMILES string of the molecule is CSCC(C)(O)CNc1ccc(C(F)(F)F)cc1F. The lowest BCUT2D eigenvalue weighted by atomic mass is 10.1. The van der Waals surface area contributed by atoms with Gasteiger partial charge < -0.3 is 10.4 Å². The van der Waals surface area contributed by atoms with Crippen LogP contribution in [0.1, 0.15) is 12.5 Å². The fourth-order valence-corrected chi connectivity index (χ4v) is 2.21. The van der Waals surface area contributed by atoms with Gasteiger partial charge in [0, 0.05) is 12.3 Å². The lowest BCUT2D eigenvalue weighted by molar-refractivity contribution is -0.137. The minimum Gasteiger partial charge on any atom is -0.387 e. The molecule has 0 aliphatic rings. The highest BCUT2D eigenvalue weighted by Crippen LogP contribution is 2.31. The summed E-state index contributed by atoms with van der Waals surface area (Å²) in [5, 5.41) is 12.5. The second-order valence-electron chi connectivity index (χ2n) is 4.48. The van der Waals surface area contributed by atoms with Crippen molar-refractivity contribution in [1.29, 1.82) is 0 Å². The van der Waals surface area contributed by atoms with Crippen molar-refractivity contribution < 1.29 is 22.7 Å². The predicted molar refractivity (Wildman–Crippen MR) is 68.9 cm³/mol. The minimum atomic E-state index is -4.57. The Morgan fingerprint density at radius 1 is 1.32 bits per heavy atom. The molecule has 0 aromatic heterocycles. The molecule has 7 heteroatoms. The van der Waals surface area contributed by atoms with E-state index in [4.69, 9.17) is 0 Å². The van der Waals surface area contributed by atoms with E-state index in [1.165, 1.54) is 11.8 Å². The van der Waals surface area contributed by atoms with Crippen LogP contribution in [0.2, 0.25) is 0 Å². The summed E-state index contributed by atoms with van der Waals surface area (Å²) in [7, 11) is 0. The first-order valence-corrected chi connectivity index (χ1v) is 6.87. The third-order valence-corrected chi connectivity index (χ3v) is 3.32. The van der Waals surface area contributed by atoms with E-state index >= 15 is 0 Å². The Morgan fingerprint density at radius 2 is 1.95 bits per heavy atom. The summed E-state index contributed by atoms with van der Waals surface area (Å²) < 4.78 is 50.5. The molecule has 2 N–H and O–H groups in total. The molecule has 0 fully saturated rings. The molecule has 1 rings (SSSR count). The van der Waals surface area contributed by atoms with Gasteiger partial charge in [0.2, 0.25) is 0 Å². The number of hydrogen-bond acceptors (Lipinski definition) is 3. The van der Waals surface area contributed by atoms with Crippen molar-refractivity contribution in [2.24, 2.45) is 0 Å². The third-order valence-electron chi connectivity index (χ3n) is 2.41. The summed E-state index contributed by atoms with van der Waals surface area (Å²) in [5.41, 5.74) is -2.16. The Bertz CT molecular complexity index is 434. The molecular weight excluding hydrogens is 282 g/mol. The van der Waals surface area contributed by atoms with Gasteiger partial charge in [-0.1, -0.05) is 0 Å². The lowest BCUT2D eigenvalue weighted by Crippen LogP contribution is -2.36. The van der Waals surface area contributed by atoms with Crippen molar-refractivity contribution in [3.63, 3.8) is 0 Å². The van der Waals surface area contributed by atoms with E-state index in [1.54, 1.807) is 6.92 Å². The molecule has 0 radical (unpaired) electrons. The number of aliphatic hydroxyl groups is 1. The fourth-order valence-electron chi connectivity index (χ4n) is 1.48. The van der Waals surface area contributed by atoms with Gasteiger partial charge in [-0.3, -0.25) is 0 Å². The zero-order valence-electron chi connectivity index (χ0n) is 10.5. The van der Waals surface area contributed by atoms with Crippen LogP contribution in [-0.4, -0.2) is 29.3 Å². The number of alkyl halides is 3. The van der Waals surface area contributed by atoms with E-state index in [2.05, 4.69) is 5.32 Å². The quantitative estimate of drug-likeness (QED) is 0.817. The van der Waals surface area contributed by atoms with Gasteiger partial charge in [-0.25, -0.2) is 4.39 Å². The van der Waals surface area contributed by atoms with Crippen LogP contribution in [0.25, 0.3) is 0 Å². The topological polar surface area (TPSA) is 32.3 Å². The van der Waals surface area contributed by atoms with Crippen LogP contribution in [0.15, 0.2) is 18.2 Å². The molecule has 0 aliphatic heterocycles. The van der Waals surface area contributed by atoms with Gasteiger partial charge >= 0.3 is 6.18 Å². The van der Waals surface area contributed by atoms with Crippen LogP contribution in [-0.2, 0) is 6.18 Å². The van der Waals surface area contributed by atoms with Crippen molar-refractivity contribution in [3.8, 4) is 0 Å². The van der Waals surface area contributed by atoms with E-state index in [0.717, 1.165) is 12.1 Å². The smallest absolute Gasteiger partial charge is 0.387 e. The average molecular weight is 297 g/mol. The van der Waals surface area contributed by atoms with Gasteiger partial charge in [0.1, 0.15) is 5.82 Å². The summed E-state index contributed by atoms with van der Waals surface area (Å²) in [6.07, 6.45) is -2.75. The zero-order valence-corrected chi connectivity index (χ0v) is 11.3. The number of rotatable bonds is 5.